The molecule has 0 aliphatic carbocycles. The summed E-state index contributed by atoms with van der Waals surface area (Å²) in [7, 11) is 0. The van der Waals surface area contributed by atoms with Crippen LogP contribution in [0.15, 0.2) is 61.2 Å². The number of hydrogen-bond acceptors (Lipinski definition) is 3. The fraction of sp³-hybridized carbons (Fsp3) is 0.167. The fourth-order valence-corrected chi connectivity index (χ4v) is 2.42. The summed E-state index contributed by atoms with van der Waals surface area (Å²) >= 11 is 0. The van der Waals surface area contributed by atoms with Crippen molar-refractivity contribution in [2.24, 2.45) is 0 Å². The lowest BCUT2D eigenvalue weighted by atomic mass is 10.1. The van der Waals surface area contributed by atoms with E-state index in [4.69, 9.17) is 0 Å². The predicted octanol–water partition coefficient (Wildman–Crippen LogP) is 2.82. The van der Waals surface area contributed by atoms with E-state index in [9.17, 15) is 4.79 Å². The van der Waals surface area contributed by atoms with Crippen molar-refractivity contribution in [3.63, 3.8) is 0 Å². The highest BCUT2D eigenvalue weighted by atomic mass is 16.1. The maximum Gasteiger partial charge on any atom is 0.228 e. The lowest BCUT2D eigenvalue weighted by molar-refractivity contribution is -0.115. The van der Waals surface area contributed by atoms with Crippen LogP contribution in [-0.2, 0) is 17.8 Å². The normalized spacial score (nSPS) is 10.5. The summed E-state index contributed by atoms with van der Waals surface area (Å²) in [5, 5.41) is 2.99. The lowest BCUT2D eigenvalue weighted by Crippen LogP contribution is -2.16. The number of carbonyl (C=O) groups is 1. The number of aryl methyl sites for hydroxylation is 1. The second-order valence-electron chi connectivity index (χ2n) is 5.35. The number of rotatable bonds is 5. The van der Waals surface area contributed by atoms with Gasteiger partial charge in [-0.2, -0.15) is 0 Å². The van der Waals surface area contributed by atoms with Crippen LogP contribution >= 0.6 is 0 Å². The number of benzene rings is 1. The fourth-order valence-electron chi connectivity index (χ4n) is 2.42. The van der Waals surface area contributed by atoms with Gasteiger partial charge in [-0.25, -0.2) is 4.98 Å². The molecule has 3 rings (SSSR count). The second-order valence-corrected chi connectivity index (χ2v) is 5.35. The molecule has 2 heterocycles. The number of carbonyl (C=O) groups excluding carboxylic acids is 1. The lowest BCUT2D eigenvalue weighted by Gasteiger charge is -2.12. The minimum absolute atomic E-state index is 0.0483. The van der Waals surface area contributed by atoms with Gasteiger partial charge in [0.15, 0.2) is 0 Å². The average Bonchev–Trinajstić information content (AvgIpc) is 2.95. The van der Waals surface area contributed by atoms with E-state index in [1.54, 1.807) is 18.6 Å². The molecule has 3 aromatic rings. The van der Waals surface area contributed by atoms with Crippen molar-refractivity contribution in [2.45, 2.75) is 19.9 Å². The molecule has 0 spiro atoms. The summed E-state index contributed by atoms with van der Waals surface area (Å²) in [4.78, 5) is 20.5. The van der Waals surface area contributed by atoms with Gasteiger partial charge in [-0.1, -0.05) is 24.3 Å². The number of imidazole rings is 1. The van der Waals surface area contributed by atoms with Gasteiger partial charge in [0.1, 0.15) is 5.82 Å². The smallest absolute Gasteiger partial charge is 0.228 e. The Morgan fingerprint density at radius 1 is 1.17 bits per heavy atom. The van der Waals surface area contributed by atoms with Gasteiger partial charge in [0, 0.05) is 30.5 Å². The van der Waals surface area contributed by atoms with E-state index in [2.05, 4.69) is 15.3 Å². The molecular weight excluding hydrogens is 288 g/mol. The standard InChI is InChI=1S/C18H18N4O/c1-14-20-9-10-22(14)13-16-6-2-3-7-17(16)21-18(23)11-15-5-4-8-19-12-15/h2-10,12H,11,13H2,1H3,(H,21,23). The van der Waals surface area contributed by atoms with E-state index >= 15 is 0 Å². The molecule has 5 heteroatoms. The van der Waals surface area contributed by atoms with Gasteiger partial charge in [-0.15, -0.1) is 0 Å². The number of amides is 1. The molecule has 1 amide bonds. The molecule has 1 N–H and O–H groups in total. The van der Waals surface area contributed by atoms with E-state index in [1.165, 1.54) is 0 Å². The predicted molar refractivity (Wildman–Crippen MR) is 89.1 cm³/mol. The minimum atomic E-state index is -0.0483. The second kappa shape index (κ2) is 6.87. The molecule has 0 unspecified atom stereocenters. The summed E-state index contributed by atoms with van der Waals surface area (Å²) in [5.41, 5.74) is 2.77. The van der Waals surface area contributed by atoms with Crippen LogP contribution in [0.2, 0.25) is 0 Å². The number of nitrogens with zero attached hydrogens (tertiary/aromatic N) is 3. The first-order valence-electron chi connectivity index (χ1n) is 7.47. The number of para-hydroxylation sites is 1. The maximum absolute atomic E-state index is 12.2. The Balaban J connectivity index is 1.73. The van der Waals surface area contributed by atoms with Gasteiger partial charge in [-0.3, -0.25) is 9.78 Å². The highest BCUT2D eigenvalue weighted by Crippen LogP contribution is 2.17. The molecule has 0 bridgehead atoms. The number of nitrogens with one attached hydrogen (secondary N) is 1. The quantitative estimate of drug-likeness (QED) is 0.788. The molecule has 23 heavy (non-hydrogen) atoms. The van der Waals surface area contributed by atoms with Crippen LogP contribution in [0.3, 0.4) is 0 Å². The molecule has 0 fully saturated rings. The van der Waals surface area contributed by atoms with Crippen LogP contribution in [0.1, 0.15) is 17.0 Å². The molecule has 0 saturated heterocycles. The molecule has 0 aliphatic rings. The third-order valence-electron chi connectivity index (χ3n) is 3.64. The summed E-state index contributed by atoms with van der Waals surface area (Å²) in [5.74, 6) is 0.897. The maximum atomic E-state index is 12.2. The van der Waals surface area contributed by atoms with Crippen molar-refractivity contribution in [3.8, 4) is 0 Å². The molecule has 0 saturated carbocycles. The third kappa shape index (κ3) is 3.83. The first-order chi connectivity index (χ1) is 11.2. The Morgan fingerprint density at radius 2 is 2.04 bits per heavy atom. The van der Waals surface area contributed by atoms with Crippen LogP contribution in [-0.4, -0.2) is 20.4 Å². The van der Waals surface area contributed by atoms with Crippen LogP contribution in [0.4, 0.5) is 5.69 Å². The summed E-state index contributed by atoms with van der Waals surface area (Å²) in [6.07, 6.45) is 7.43. The van der Waals surface area contributed by atoms with E-state index in [1.807, 2.05) is 54.1 Å². The van der Waals surface area contributed by atoms with Crippen molar-refractivity contribution < 1.29 is 4.79 Å². The van der Waals surface area contributed by atoms with Gasteiger partial charge in [0.2, 0.25) is 5.91 Å². The Hall–Kier alpha value is -2.95. The SMILES string of the molecule is Cc1nccn1Cc1ccccc1NC(=O)Cc1cccnc1. The van der Waals surface area contributed by atoms with Crippen molar-refractivity contribution in [1.29, 1.82) is 0 Å². The van der Waals surface area contributed by atoms with E-state index in [0.717, 1.165) is 22.6 Å². The summed E-state index contributed by atoms with van der Waals surface area (Å²) < 4.78 is 2.05. The minimum Gasteiger partial charge on any atom is -0.331 e. The Bertz CT molecular complexity index is 796. The van der Waals surface area contributed by atoms with Gasteiger partial charge in [0.25, 0.3) is 0 Å². The van der Waals surface area contributed by atoms with Gasteiger partial charge < -0.3 is 9.88 Å². The Morgan fingerprint density at radius 3 is 2.78 bits per heavy atom. The molecule has 2 aromatic heterocycles. The molecular formula is C18H18N4O. The number of hydrogen-bond donors (Lipinski definition) is 1. The Kier molecular flexibility index (Phi) is 4.47. The topological polar surface area (TPSA) is 59.8 Å². The van der Waals surface area contributed by atoms with Crippen molar-refractivity contribution in [1.82, 2.24) is 14.5 Å². The zero-order chi connectivity index (χ0) is 16.1. The van der Waals surface area contributed by atoms with Crippen molar-refractivity contribution in [2.75, 3.05) is 5.32 Å². The molecule has 0 radical (unpaired) electrons. The average molecular weight is 306 g/mol. The monoisotopic (exact) mass is 306 g/mol. The number of aromatic nitrogens is 3. The van der Waals surface area contributed by atoms with E-state index in [-0.39, 0.29) is 5.91 Å². The summed E-state index contributed by atoms with van der Waals surface area (Å²) in [6.45, 7) is 2.64. The van der Waals surface area contributed by atoms with E-state index < -0.39 is 0 Å². The number of anilines is 1. The highest BCUT2D eigenvalue weighted by Gasteiger charge is 2.09. The van der Waals surface area contributed by atoms with Gasteiger partial charge >= 0.3 is 0 Å². The van der Waals surface area contributed by atoms with Crippen molar-refractivity contribution >= 4 is 11.6 Å². The van der Waals surface area contributed by atoms with E-state index in [0.29, 0.717) is 13.0 Å². The first kappa shape index (κ1) is 15.0. The Labute approximate surface area is 135 Å². The van der Waals surface area contributed by atoms with Crippen molar-refractivity contribution in [3.05, 3.63) is 78.1 Å². The van der Waals surface area contributed by atoms with Crippen LogP contribution in [0.25, 0.3) is 0 Å². The molecule has 5 nitrogen and oxygen atoms in total. The largest absolute Gasteiger partial charge is 0.331 e. The highest BCUT2D eigenvalue weighted by molar-refractivity contribution is 5.92. The molecule has 0 atom stereocenters. The molecule has 116 valence electrons. The van der Waals surface area contributed by atoms with Crippen LogP contribution in [0.5, 0.6) is 0 Å². The molecule has 1 aromatic carbocycles. The van der Waals surface area contributed by atoms with Crippen LogP contribution in [0, 0.1) is 6.92 Å². The molecule has 0 aliphatic heterocycles. The zero-order valence-corrected chi connectivity index (χ0v) is 12.9. The summed E-state index contributed by atoms with van der Waals surface area (Å²) in [6, 6.07) is 11.6. The van der Waals surface area contributed by atoms with Gasteiger partial charge in [-0.05, 0) is 30.2 Å². The first-order valence-corrected chi connectivity index (χ1v) is 7.47. The third-order valence-corrected chi connectivity index (χ3v) is 3.64. The zero-order valence-electron chi connectivity index (χ0n) is 12.9. The number of pyridine rings is 1. The van der Waals surface area contributed by atoms with Crippen LogP contribution < -0.4 is 5.32 Å². The van der Waals surface area contributed by atoms with Gasteiger partial charge in [0.05, 0.1) is 13.0 Å².